The summed E-state index contributed by atoms with van der Waals surface area (Å²) in [5.74, 6) is 0.614. The highest BCUT2D eigenvalue weighted by atomic mass is 16.7. The molecule has 92 valence electrons. The van der Waals surface area contributed by atoms with Crippen molar-refractivity contribution in [2.45, 2.75) is 38.5 Å². The molecule has 2 rings (SSSR count). The van der Waals surface area contributed by atoms with Crippen LogP contribution >= 0.6 is 0 Å². The Kier molecular flexibility index (Phi) is 3.85. The standard InChI is InChI=1S/C13H16O4/c14-12(15)9-13(16-10-5-1-2-6-10)17-11-7-3-4-8-11/h5,7,9H,1-4,6,8H2,(H,14,15). The van der Waals surface area contributed by atoms with Crippen LogP contribution in [0.4, 0.5) is 0 Å². The second-order valence-corrected chi connectivity index (χ2v) is 4.13. The first-order chi connectivity index (χ1) is 8.24. The third kappa shape index (κ3) is 3.66. The van der Waals surface area contributed by atoms with E-state index in [9.17, 15) is 4.79 Å². The van der Waals surface area contributed by atoms with E-state index in [-0.39, 0.29) is 5.95 Å². The smallest absolute Gasteiger partial charge is 0.335 e. The van der Waals surface area contributed by atoms with Crippen molar-refractivity contribution >= 4 is 5.97 Å². The third-order valence-electron chi connectivity index (χ3n) is 2.70. The zero-order valence-corrected chi connectivity index (χ0v) is 9.65. The highest BCUT2D eigenvalue weighted by Crippen LogP contribution is 2.26. The molecule has 0 heterocycles. The topological polar surface area (TPSA) is 55.8 Å². The Morgan fingerprint density at radius 1 is 1.12 bits per heavy atom. The van der Waals surface area contributed by atoms with Crippen LogP contribution in [0.25, 0.3) is 0 Å². The van der Waals surface area contributed by atoms with Crippen LogP contribution in [0.1, 0.15) is 38.5 Å². The SMILES string of the molecule is O=C(O)C=C(OC1=CCCC1)OC1=CCCC1. The molecule has 0 aromatic carbocycles. The van der Waals surface area contributed by atoms with Gasteiger partial charge in [-0.05, 0) is 37.8 Å². The van der Waals surface area contributed by atoms with Crippen LogP contribution in [0.15, 0.2) is 35.7 Å². The zero-order valence-electron chi connectivity index (χ0n) is 9.65. The van der Waals surface area contributed by atoms with Gasteiger partial charge in [-0.1, -0.05) is 0 Å². The Morgan fingerprint density at radius 3 is 2.00 bits per heavy atom. The molecule has 4 heteroatoms. The van der Waals surface area contributed by atoms with E-state index in [0.717, 1.165) is 56.1 Å². The Balaban J connectivity index is 1.99. The average molecular weight is 236 g/mol. The normalized spacial score (nSPS) is 18.4. The first-order valence-corrected chi connectivity index (χ1v) is 5.92. The minimum Gasteiger partial charge on any atom is -0.478 e. The maximum absolute atomic E-state index is 10.7. The highest BCUT2D eigenvalue weighted by molar-refractivity contribution is 5.80. The predicted molar refractivity (Wildman–Crippen MR) is 61.8 cm³/mol. The van der Waals surface area contributed by atoms with E-state index in [1.165, 1.54) is 0 Å². The van der Waals surface area contributed by atoms with Gasteiger partial charge in [0.15, 0.2) is 0 Å². The highest BCUT2D eigenvalue weighted by Gasteiger charge is 2.14. The molecule has 2 aliphatic rings. The van der Waals surface area contributed by atoms with Gasteiger partial charge in [-0.3, -0.25) is 0 Å². The number of allylic oxidation sites excluding steroid dienone is 4. The molecule has 0 amide bonds. The summed E-state index contributed by atoms with van der Waals surface area (Å²) >= 11 is 0. The summed E-state index contributed by atoms with van der Waals surface area (Å²) in [6, 6.07) is 0. The Labute approximate surface area is 100 Å². The van der Waals surface area contributed by atoms with Crippen LogP contribution in [-0.2, 0) is 14.3 Å². The maximum Gasteiger partial charge on any atom is 0.335 e. The fraction of sp³-hybridized carbons (Fsp3) is 0.462. The number of carboxylic acid groups (broad SMARTS) is 1. The van der Waals surface area contributed by atoms with Gasteiger partial charge in [0.1, 0.15) is 17.6 Å². The maximum atomic E-state index is 10.7. The molecule has 4 nitrogen and oxygen atoms in total. The first-order valence-electron chi connectivity index (χ1n) is 5.92. The van der Waals surface area contributed by atoms with Crippen molar-refractivity contribution in [2.75, 3.05) is 0 Å². The molecule has 0 aliphatic heterocycles. The van der Waals surface area contributed by atoms with Gasteiger partial charge in [0.05, 0.1) is 0 Å². The molecule has 0 bridgehead atoms. The van der Waals surface area contributed by atoms with Crippen molar-refractivity contribution in [2.24, 2.45) is 0 Å². The summed E-state index contributed by atoms with van der Waals surface area (Å²) in [7, 11) is 0. The van der Waals surface area contributed by atoms with E-state index in [1.807, 2.05) is 12.2 Å². The molecule has 0 spiro atoms. The molecule has 2 aliphatic carbocycles. The molecule has 0 aromatic heterocycles. The van der Waals surface area contributed by atoms with E-state index in [1.54, 1.807) is 0 Å². The number of rotatable bonds is 5. The van der Waals surface area contributed by atoms with Gasteiger partial charge in [0.2, 0.25) is 0 Å². The number of ether oxygens (including phenoxy) is 2. The quantitative estimate of drug-likeness (QED) is 0.588. The van der Waals surface area contributed by atoms with Crippen molar-refractivity contribution < 1.29 is 19.4 Å². The largest absolute Gasteiger partial charge is 0.478 e. The minimum atomic E-state index is -1.06. The van der Waals surface area contributed by atoms with Gasteiger partial charge < -0.3 is 14.6 Å². The fourth-order valence-electron chi connectivity index (χ4n) is 1.91. The van der Waals surface area contributed by atoms with Crippen LogP contribution in [-0.4, -0.2) is 11.1 Å². The lowest BCUT2D eigenvalue weighted by molar-refractivity contribution is -0.131. The third-order valence-corrected chi connectivity index (χ3v) is 2.70. The van der Waals surface area contributed by atoms with E-state index < -0.39 is 5.97 Å². The number of aliphatic carboxylic acids is 1. The molecule has 1 N–H and O–H groups in total. The van der Waals surface area contributed by atoms with E-state index >= 15 is 0 Å². The second kappa shape index (κ2) is 5.57. The molecule has 0 unspecified atom stereocenters. The van der Waals surface area contributed by atoms with Gasteiger partial charge in [-0.25, -0.2) is 4.79 Å². The van der Waals surface area contributed by atoms with Gasteiger partial charge in [-0.2, -0.15) is 0 Å². The minimum absolute atomic E-state index is 0.0683. The molecule has 17 heavy (non-hydrogen) atoms. The van der Waals surface area contributed by atoms with Crippen molar-refractivity contribution in [3.8, 4) is 0 Å². The molecular weight excluding hydrogens is 220 g/mol. The summed E-state index contributed by atoms with van der Waals surface area (Å²) in [5.41, 5.74) is 0. The van der Waals surface area contributed by atoms with E-state index in [0.29, 0.717) is 0 Å². The van der Waals surface area contributed by atoms with Crippen LogP contribution in [0.5, 0.6) is 0 Å². The average Bonchev–Trinajstić information content (AvgIpc) is 2.89. The lowest BCUT2D eigenvalue weighted by Gasteiger charge is -2.11. The Morgan fingerprint density at radius 2 is 1.65 bits per heavy atom. The monoisotopic (exact) mass is 236 g/mol. The second-order valence-electron chi connectivity index (χ2n) is 4.13. The molecule has 0 saturated carbocycles. The van der Waals surface area contributed by atoms with Crippen LogP contribution in [0.3, 0.4) is 0 Å². The molecule has 0 aromatic rings. The molecule has 0 fully saturated rings. The van der Waals surface area contributed by atoms with Crippen LogP contribution < -0.4 is 0 Å². The van der Waals surface area contributed by atoms with Gasteiger partial charge in [-0.15, -0.1) is 0 Å². The van der Waals surface area contributed by atoms with Crippen molar-refractivity contribution in [1.82, 2.24) is 0 Å². The van der Waals surface area contributed by atoms with Gasteiger partial charge in [0, 0.05) is 12.8 Å². The van der Waals surface area contributed by atoms with Gasteiger partial charge in [0.25, 0.3) is 5.95 Å². The lowest BCUT2D eigenvalue weighted by atomic mass is 10.3. The Hall–Kier alpha value is -1.71. The van der Waals surface area contributed by atoms with Gasteiger partial charge >= 0.3 is 5.97 Å². The van der Waals surface area contributed by atoms with Crippen molar-refractivity contribution in [1.29, 1.82) is 0 Å². The Bertz CT molecular complexity index is 362. The summed E-state index contributed by atoms with van der Waals surface area (Å²) in [6.07, 6.45) is 10.7. The van der Waals surface area contributed by atoms with Crippen molar-refractivity contribution in [3.63, 3.8) is 0 Å². The van der Waals surface area contributed by atoms with Crippen molar-refractivity contribution in [3.05, 3.63) is 35.7 Å². The summed E-state index contributed by atoms with van der Waals surface area (Å²) in [6.45, 7) is 0. The predicted octanol–water partition coefficient (Wildman–Crippen LogP) is 3.08. The molecule has 0 saturated heterocycles. The number of hydrogen-bond donors (Lipinski definition) is 1. The van der Waals surface area contributed by atoms with Crippen LogP contribution in [0, 0.1) is 0 Å². The summed E-state index contributed by atoms with van der Waals surface area (Å²) < 4.78 is 10.9. The van der Waals surface area contributed by atoms with Crippen LogP contribution in [0.2, 0.25) is 0 Å². The number of carboxylic acids is 1. The zero-order chi connectivity index (χ0) is 12.1. The first kappa shape index (κ1) is 11.8. The summed E-state index contributed by atoms with van der Waals surface area (Å²) in [4.78, 5) is 10.7. The molecular formula is C13H16O4. The van der Waals surface area contributed by atoms with E-state index in [2.05, 4.69) is 0 Å². The summed E-state index contributed by atoms with van der Waals surface area (Å²) in [5, 5.41) is 8.76. The lowest BCUT2D eigenvalue weighted by Crippen LogP contribution is -2.01. The number of carbonyl (C=O) groups is 1. The van der Waals surface area contributed by atoms with E-state index in [4.69, 9.17) is 14.6 Å². The molecule has 0 radical (unpaired) electrons. The fourth-order valence-corrected chi connectivity index (χ4v) is 1.91. The number of hydrogen-bond acceptors (Lipinski definition) is 3. The molecule has 0 atom stereocenters.